The highest BCUT2D eigenvalue weighted by atomic mass is 16.3. The number of carbonyl (C=O) groups is 1. The van der Waals surface area contributed by atoms with Crippen molar-refractivity contribution in [3.63, 3.8) is 0 Å². The third kappa shape index (κ3) is 5.92. The molecule has 0 aliphatic carbocycles. The zero-order valence-corrected chi connectivity index (χ0v) is 18.3. The lowest BCUT2D eigenvalue weighted by atomic mass is 9.90. The fraction of sp³-hybridized carbons (Fsp3) is 0.522. The van der Waals surface area contributed by atoms with Crippen molar-refractivity contribution >= 4 is 11.7 Å². The molecule has 0 bridgehead atoms. The van der Waals surface area contributed by atoms with Gasteiger partial charge >= 0.3 is 0 Å². The molecule has 168 valence electrons. The Hall–Kier alpha value is -2.71. The predicted molar refractivity (Wildman–Crippen MR) is 119 cm³/mol. The van der Waals surface area contributed by atoms with Crippen molar-refractivity contribution < 1.29 is 15.0 Å². The lowest BCUT2D eigenvalue weighted by Gasteiger charge is -2.38. The van der Waals surface area contributed by atoms with Crippen LogP contribution in [0.25, 0.3) is 0 Å². The van der Waals surface area contributed by atoms with E-state index in [1.54, 1.807) is 11.9 Å². The summed E-state index contributed by atoms with van der Waals surface area (Å²) < 4.78 is 1.41. The van der Waals surface area contributed by atoms with Gasteiger partial charge in [0.1, 0.15) is 5.82 Å². The number of hydrogen-bond donors (Lipinski definition) is 2. The van der Waals surface area contributed by atoms with Crippen molar-refractivity contribution in [3.05, 3.63) is 58.6 Å². The fourth-order valence-electron chi connectivity index (χ4n) is 3.95. The van der Waals surface area contributed by atoms with Crippen LogP contribution < -0.4 is 10.5 Å². The monoisotopic (exact) mass is 428 g/mol. The maximum Gasteiger partial charge on any atom is 0.255 e. The molecule has 1 aliphatic rings. The molecule has 8 nitrogen and oxygen atoms in total. The maximum absolute atomic E-state index is 12.7. The van der Waals surface area contributed by atoms with E-state index in [9.17, 15) is 14.7 Å². The van der Waals surface area contributed by atoms with Gasteiger partial charge in [-0.2, -0.15) is 0 Å². The minimum Gasteiger partial charge on any atom is -0.395 e. The number of benzene rings is 1. The third-order valence-corrected chi connectivity index (χ3v) is 6.05. The van der Waals surface area contributed by atoms with Crippen LogP contribution in [-0.2, 0) is 11.3 Å². The predicted octanol–water partition coefficient (Wildman–Crippen LogP) is 1.22. The Balaban J connectivity index is 1.55. The van der Waals surface area contributed by atoms with E-state index in [1.807, 2.05) is 35.2 Å². The molecule has 0 unspecified atom stereocenters. The van der Waals surface area contributed by atoms with Gasteiger partial charge in [0, 0.05) is 39.2 Å². The molecule has 1 aliphatic heterocycles. The van der Waals surface area contributed by atoms with Gasteiger partial charge < -0.3 is 20.0 Å². The Morgan fingerprint density at radius 2 is 1.94 bits per heavy atom. The summed E-state index contributed by atoms with van der Waals surface area (Å²) in [6.07, 6.45) is 2.70. The number of rotatable bonds is 8. The van der Waals surface area contributed by atoms with Crippen molar-refractivity contribution in [1.29, 1.82) is 0 Å². The number of amides is 1. The number of anilines is 1. The smallest absolute Gasteiger partial charge is 0.255 e. The first-order chi connectivity index (χ1) is 14.8. The average molecular weight is 429 g/mol. The number of hydrogen-bond acceptors (Lipinski definition) is 6. The summed E-state index contributed by atoms with van der Waals surface area (Å²) in [7, 11) is 1.75. The van der Waals surface area contributed by atoms with Gasteiger partial charge in [-0.15, -0.1) is 0 Å². The molecule has 2 N–H and O–H groups in total. The van der Waals surface area contributed by atoms with E-state index in [0.717, 1.165) is 5.56 Å². The number of aromatic nitrogens is 2. The fourth-order valence-corrected chi connectivity index (χ4v) is 3.95. The van der Waals surface area contributed by atoms with E-state index in [4.69, 9.17) is 5.11 Å². The van der Waals surface area contributed by atoms with Gasteiger partial charge in [0.05, 0.1) is 25.1 Å². The molecule has 31 heavy (non-hydrogen) atoms. The summed E-state index contributed by atoms with van der Waals surface area (Å²) in [5, 5.41) is 20.0. The van der Waals surface area contributed by atoms with Crippen molar-refractivity contribution in [2.24, 2.45) is 0 Å². The van der Waals surface area contributed by atoms with Crippen LogP contribution in [0.15, 0.2) is 47.5 Å². The molecule has 1 amide bonds. The minimum absolute atomic E-state index is 0.0274. The van der Waals surface area contributed by atoms with Crippen LogP contribution in [0.5, 0.6) is 0 Å². The number of aliphatic hydroxyl groups is 2. The van der Waals surface area contributed by atoms with Crippen LogP contribution in [0.1, 0.15) is 37.7 Å². The van der Waals surface area contributed by atoms with E-state index in [-0.39, 0.29) is 30.5 Å². The first-order valence-electron chi connectivity index (χ1n) is 10.7. The molecular weight excluding hydrogens is 396 g/mol. The molecule has 2 heterocycles. The number of nitrogens with zero attached hydrogens (tertiary/aromatic N) is 4. The number of likely N-dealkylation sites (N-methyl/N-ethyl adjacent to an activating group) is 1. The Bertz CT molecular complexity index is 923. The van der Waals surface area contributed by atoms with Crippen LogP contribution in [0.2, 0.25) is 0 Å². The quantitative estimate of drug-likeness (QED) is 0.656. The van der Waals surface area contributed by atoms with Crippen LogP contribution in [0, 0.1) is 0 Å². The minimum atomic E-state index is -1.05. The first kappa shape index (κ1) is 23.0. The highest BCUT2D eigenvalue weighted by Gasteiger charge is 2.34. The second-order valence-corrected chi connectivity index (χ2v) is 8.48. The summed E-state index contributed by atoms with van der Waals surface area (Å²) in [5.74, 6) is 0.713. The molecule has 1 aromatic carbocycles. The van der Waals surface area contributed by atoms with Crippen LogP contribution in [0.3, 0.4) is 0 Å². The van der Waals surface area contributed by atoms with Crippen molar-refractivity contribution in [2.75, 3.05) is 38.2 Å². The highest BCUT2D eigenvalue weighted by molar-refractivity contribution is 5.77. The number of carbonyl (C=O) groups excluding carboxylic acids is 1. The Kier molecular flexibility index (Phi) is 7.46. The van der Waals surface area contributed by atoms with E-state index < -0.39 is 5.60 Å². The molecule has 1 fully saturated rings. The zero-order chi connectivity index (χ0) is 22.4. The van der Waals surface area contributed by atoms with E-state index in [1.165, 1.54) is 17.0 Å². The van der Waals surface area contributed by atoms with Gasteiger partial charge in [-0.3, -0.25) is 14.2 Å². The van der Waals surface area contributed by atoms with Crippen molar-refractivity contribution in [2.45, 2.75) is 44.2 Å². The lowest BCUT2D eigenvalue weighted by Crippen LogP contribution is -2.49. The Labute approximate surface area is 182 Å². The molecule has 1 saturated heterocycles. The molecular formula is C23H32N4O4. The third-order valence-electron chi connectivity index (χ3n) is 6.05. The van der Waals surface area contributed by atoms with E-state index in [0.29, 0.717) is 44.7 Å². The van der Waals surface area contributed by atoms with Gasteiger partial charge in [-0.05, 0) is 24.3 Å². The summed E-state index contributed by atoms with van der Waals surface area (Å²) >= 11 is 0. The summed E-state index contributed by atoms with van der Waals surface area (Å²) in [6.45, 7) is 3.49. The van der Waals surface area contributed by atoms with Crippen molar-refractivity contribution in [3.8, 4) is 0 Å². The second kappa shape index (κ2) is 10.1. The summed E-state index contributed by atoms with van der Waals surface area (Å²) in [6, 6.07) is 11.4. The summed E-state index contributed by atoms with van der Waals surface area (Å²) in [4.78, 5) is 32.9. The van der Waals surface area contributed by atoms with Gasteiger partial charge in [0.2, 0.25) is 5.91 Å². The molecule has 2 aromatic rings. The molecule has 1 atom stereocenters. The number of likely N-dealkylation sites (tertiary alicyclic amines) is 1. The van der Waals surface area contributed by atoms with Crippen LogP contribution >= 0.6 is 0 Å². The Morgan fingerprint density at radius 1 is 1.26 bits per heavy atom. The van der Waals surface area contributed by atoms with Gasteiger partial charge in [0.15, 0.2) is 0 Å². The largest absolute Gasteiger partial charge is 0.395 e. The van der Waals surface area contributed by atoms with E-state index in [2.05, 4.69) is 11.9 Å². The van der Waals surface area contributed by atoms with Gasteiger partial charge in [0.25, 0.3) is 5.56 Å². The van der Waals surface area contributed by atoms with Gasteiger partial charge in [-0.25, -0.2) is 4.98 Å². The topological polar surface area (TPSA) is 98.9 Å². The standard InChI is InChI=1S/C23H32N4O4/c1-18(19-6-4-3-5-7-19)14-21(29)26-10-8-23(31,9-11-26)16-27-17-24-20(15-22(27)30)25(2)12-13-28/h3-7,15,17-18,28,31H,8-14,16H2,1-2H3/t18-/m1/s1. The first-order valence-corrected chi connectivity index (χ1v) is 10.7. The number of aliphatic hydroxyl groups excluding tert-OH is 1. The molecule has 1 aromatic heterocycles. The van der Waals surface area contributed by atoms with Crippen LogP contribution in [0.4, 0.5) is 5.82 Å². The average Bonchev–Trinajstić information content (AvgIpc) is 2.76. The molecule has 8 heteroatoms. The van der Waals surface area contributed by atoms with Gasteiger partial charge in [-0.1, -0.05) is 37.3 Å². The molecule has 3 rings (SSSR count). The normalized spacial score (nSPS) is 16.7. The molecule has 0 spiro atoms. The van der Waals surface area contributed by atoms with E-state index >= 15 is 0 Å². The lowest BCUT2D eigenvalue weighted by molar-refractivity contribution is -0.136. The SMILES string of the molecule is C[C@H](CC(=O)N1CCC(O)(Cn2cnc(N(C)CCO)cc2=O)CC1)c1ccccc1. The summed E-state index contributed by atoms with van der Waals surface area (Å²) in [5.41, 5.74) is -0.158. The molecule has 0 saturated carbocycles. The second-order valence-electron chi connectivity index (χ2n) is 8.48. The Morgan fingerprint density at radius 3 is 2.55 bits per heavy atom. The zero-order valence-electron chi connectivity index (χ0n) is 18.3. The number of piperidine rings is 1. The molecule has 0 radical (unpaired) electrons. The van der Waals surface area contributed by atoms with Crippen molar-refractivity contribution in [1.82, 2.24) is 14.5 Å². The maximum atomic E-state index is 12.7. The highest BCUT2D eigenvalue weighted by Crippen LogP contribution is 2.26. The van der Waals surface area contributed by atoms with Crippen LogP contribution in [-0.4, -0.2) is 69.5 Å².